The Hall–Kier alpha value is -1.62. The van der Waals surface area contributed by atoms with E-state index >= 15 is 0 Å². The minimum atomic E-state index is -0.0596. The fourth-order valence-electron chi connectivity index (χ4n) is 2.56. The maximum atomic E-state index is 12.1. The first-order valence-electron chi connectivity index (χ1n) is 7.46. The van der Waals surface area contributed by atoms with Crippen LogP contribution < -0.4 is 11.1 Å². The second-order valence-electron chi connectivity index (χ2n) is 5.33. The van der Waals surface area contributed by atoms with Crippen molar-refractivity contribution in [2.75, 3.05) is 31.9 Å². The number of aryl methyl sites for hydroxylation is 1. The molecule has 1 aliphatic heterocycles. The summed E-state index contributed by atoms with van der Waals surface area (Å²) in [6, 6.07) is 3.48. The quantitative estimate of drug-likeness (QED) is 0.825. The first-order chi connectivity index (χ1) is 9.69. The van der Waals surface area contributed by atoms with Crippen molar-refractivity contribution >= 4 is 11.7 Å². The van der Waals surface area contributed by atoms with Gasteiger partial charge < -0.3 is 16.0 Å². The van der Waals surface area contributed by atoms with Gasteiger partial charge in [-0.25, -0.2) is 4.98 Å². The number of amides is 1. The highest BCUT2D eigenvalue weighted by atomic mass is 16.1. The Morgan fingerprint density at radius 1 is 1.40 bits per heavy atom. The minimum Gasteiger partial charge on any atom is -0.384 e. The largest absolute Gasteiger partial charge is 0.384 e. The van der Waals surface area contributed by atoms with Gasteiger partial charge in [-0.15, -0.1) is 0 Å². The zero-order chi connectivity index (χ0) is 14.4. The topological polar surface area (TPSA) is 71.2 Å². The summed E-state index contributed by atoms with van der Waals surface area (Å²) in [4.78, 5) is 18.7. The highest BCUT2D eigenvalue weighted by Crippen LogP contribution is 2.10. The molecule has 0 atom stereocenters. The highest BCUT2D eigenvalue weighted by Gasteiger charge is 2.12. The van der Waals surface area contributed by atoms with E-state index < -0.39 is 0 Å². The Bertz CT molecular complexity index is 455. The van der Waals surface area contributed by atoms with Gasteiger partial charge >= 0.3 is 0 Å². The lowest BCUT2D eigenvalue weighted by atomic mass is 10.1. The van der Waals surface area contributed by atoms with Crippen molar-refractivity contribution in [3.8, 4) is 0 Å². The van der Waals surface area contributed by atoms with Gasteiger partial charge in [0.2, 0.25) is 0 Å². The number of hydrogen-bond acceptors (Lipinski definition) is 4. The number of hydrogen-bond donors (Lipinski definition) is 2. The lowest BCUT2D eigenvalue weighted by Crippen LogP contribution is -2.33. The number of nitrogen functional groups attached to an aromatic ring is 1. The standard InChI is InChI=1S/C15H24N4O/c1-2-5-13-10-12(11-14(16)18-13)15(20)17-6-9-19-7-3-4-8-19/h10-11H,2-9H2,1H3,(H2,16,18)(H,17,20). The molecule has 5 heteroatoms. The molecule has 1 aromatic rings. The lowest BCUT2D eigenvalue weighted by Gasteiger charge is -2.15. The van der Waals surface area contributed by atoms with Gasteiger partial charge in [-0.3, -0.25) is 4.79 Å². The van der Waals surface area contributed by atoms with Gasteiger partial charge in [-0.1, -0.05) is 13.3 Å². The van der Waals surface area contributed by atoms with Crippen molar-refractivity contribution in [3.63, 3.8) is 0 Å². The molecule has 20 heavy (non-hydrogen) atoms. The third kappa shape index (κ3) is 4.20. The van der Waals surface area contributed by atoms with E-state index in [1.807, 2.05) is 6.07 Å². The molecule has 2 heterocycles. The van der Waals surface area contributed by atoms with Crippen LogP contribution in [0, 0.1) is 0 Å². The summed E-state index contributed by atoms with van der Waals surface area (Å²) in [5.74, 6) is 0.358. The molecule has 0 aromatic carbocycles. The van der Waals surface area contributed by atoms with Crippen LogP contribution in [-0.2, 0) is 6.42 Å². The molecule has 1 saturated heterocycles. The van der Waals surface area contributed by atoms with Crippen molar-refractivity contribution < 1.29 is 4.79 Å². The van der Waals surface area contributed by atoms with Gasteiger partial charge in [-0.05, 0) is 44.5 Å². The Morgan fingerprint density at radius 3 is 2.85 bits per heavy atom. The van der Waals surface area contributed by atoms with Gasteiger partial charge in [0.15, 0.2) is 0 Å². The molecule has 0 saturated carbocycles. The summed E-state index contributed by atoms with van der Waals surface area (Å²) in [5.41, 5.74) is 7.26. The normalized spacial score (nSPS) is 15.4. The summed E-state index contributed by atoms with van der Waals surface area (Å²) in [6.45, 7) is 6.00. The molecule has 0 aliphatic carbocycles. The van der Waals surface area contributed by atoms with E-state index in [-0.39, 0.29) is 5.91 Å². The smallest absolute Gasteiger partial charge is 0.251 e. The molecule has 0 bridgehead atoms. The van der Waals surface area contributed by atoms with Crippen LogP contribution in [-0.4, -0.2) is 42.0 Å². The zero-order valence-corrected chi connectivity index (χ0v) is 12.2. The molecule has 3 N–H and O–H groups in total. The summed E-state index contributed by atoms with van der Waals surface area (Å²) in [7, 11) is 0. The number of nitrogens with zero attached hydrogens (tertiary/aromatic N) is 2. The van der Waals surface area contributed by atoms with Crippen molar-refractivity contribution in [1.82, 2.24) is 15.2 Å². The van der Waals surface area contributed by atoms with E-state index in [0.29, 0.717) is 17.9 Å². The molecule has 110 valence electrons. The van der Waals surface area contributed by atoms with Crippen LogP contribution in [0.15, 0.2) is 12.1 Å². The number of nitrogens with one attached hydrogen (secondary N) is 1. The second kappa shape index (κ2) is 7.24. The summed E-state index contributed by atoms with van der Waals surface area (Å²) in [6.07, 6.45) is 4.38. The average molecular weight is 276 g/mol. The van der Waals surface area contributed by atoms with Crippen LogP contribution >= 0.6 is 0 Å². The number of rotatable bonds is 6. The molecule has 1 aromatic heterocycles. The van der Waals surface area contributed by atoms with Crippen LogP contribution in [0.1, 0.15) is 42.2 Å². The van der Waals surface area contributed by atoms with E-state index in [4.69, 9.17) is 5.73 Å². The Kier molecular flexibility index (Phi) is 5.35. The summed E-state index contributed by atoms with van der Waals surface area (Å²) in [5, 5.41) is 2.96. The monoisotopic (exact) mass is 276 g/mol. The SMILES string of the molecule is CCCc1cc(C(=O)NCCN2CCCC2)cc(N)n1. The predicted octanol–water partition coefficient (Wildman–Crippen LogP) is 1.44. The van der Waals surface area contributed by atoms with Gasteiger partial charge in [0, 0.05) is 24.3 Å². The van der Waals surface area contributed by atoms with Crippen LogP contribution in [0.4, 0.5) is 5.82 Å². The molecular formula is C15H24N4O. The number of likely N-dealkylation sites (tertiary alicyclic amines) is 1. The number of carbonyl (C=O) groups is 1. The Balaban J connectivity index is 1.87. The van der Waals surface area contributed by atoms with Crippen LogP contribution in [0.2, 0.25) is 0 Å². The molecular weight excluding hydrogens is 252 g/mol. The van der Waals surface area contributed by atoms with E-state index in [9.17, 15) is 4.79 Å². The molecule has 1 fully saturated rings. The minimum absolute atomic E-state index is 0.0596. The van der Waals surface area contributed by atoms with Gasteiger partial charge in [0.05, 0.1) is 0 Å². The molecule has 2 rings (SSSR count). The van der Waals surface area contributed by atoms with E-state index in [0.717, 1.165) is 38.2 Å². The fraction of sp³-hybridized carbons (Fsp3) is 0.600. The van der Waals surface area contributed by atoms with Crippen molar-refractivity contribution in [3.05, 3.63) is 23.4 Å². The van der Waals surface area contributed by atoms with Crippen molar-refractivity contribution in [1.29, 1.82) is 0 Å². The first-order valence-corrected chi connectivity index (χ1v) is 7.46. The molecule has 1 amide bonds. The molecule has 0 radical (unpaired) electrons. The number of aromatic nitrogens is 1. The number of pyridine rings is 1. The Labute approximate surface area is 120 Å². The predicted molar refractivity (Wildman–Crippen MR) is 80.7 cm³/mol. The highest BCUT2D eigenvalue weighted by molar-refractivity contribution is 5.94. The van der Waals surface area contributed by atoms with Crippen molar-refractivity contribution in [2.24, 2.45) is 0 Å². The molecule has 0 unspecified atom stereocenters. The van der Waals surface area contributed by atoms with Crippen LogP contribution in [0.3, 0.4) is 0 Å². The third-order valence-corrected chi connectivity index (χ3v) is 3.58. The number of carbonyl (C=O) groups excluding carboxylic acids is 1. The molecule has 1 aliphatic rings. The third-order valence-electron chi connectivity index (χ3n) is 3.58. The van der Waals surface area contributed by atoms with Crippen molar-refractivity contribution in [2.45, 2.75) is 32.6 Å². The van der Waals surface area contributed by atoms with E-state index in [1.54, 1.807) is 6.07 Å². The number of nitrogens with two attached hydrogens (primary N) is 1. The lowest BCUT2D eigenvalue weighted by molar-refractivity contribution is 0.0949. The van der Waals surface area contributed by atoms with Gasteiger partial charge in [-0.2, -0.15) is 0 Å². The van der Waals surface area contributed by atoms with Crippen LogP contribution in [0.25, 0.3) is 0 Å². The second-order valence-corrected chi connectivity index (χ2v) is 5.33. The van der Waals surface area contributed by atoms with E-state index in [1.165, 1.54) is 12.8 Å². The maximum Gasteiger partial charge on any atom is 0.251 e. The summed E-state index contributed by atoms with van der Waals surface area (Å²) < 4.78 is 0. The van der Waals surface area contributed by atoms with E-state index in [2.05, 4.69) is 22.1 Å². The van der Waals surface area contributed by atoms with Gasteiger partial charge in [0.25, 0.3) is 5.91 Å². The number of anilines is 1. The molecule has 0 spiro atoms. The maximum absolute atomic E-state index is 12.1. The molecule has 5 nitrogen and oxygen atoms in total. The zero-order valence-electron chi connectivity index (χ0n) is 12.2. The Morgan fingerprint density at radius 2 is 2.15 bits per heavy atom. The average Bonchev–Trinajstić information content (AvgIpc) is 2.91. The van der Waals surface area contributed by atoms with Crippen LogP contribution in [0.5, 0.6) is 0 Å². The fourth-order valence-corrected chi connectivity index (χ4v) is 2.56. The van der Waals surface area contributed by atoms with Gasteiger partial charge in [0.1, 0.15) is 5.82 Å². The summed E-state index contributed by atoms with van der Waals surface area (Å²) >= 11 is 0. The first kappa shape index (κ1) is 14.8.